The number of para-hydroxylation sites is 1. The molecule has 7 nitrogen and oxygen atoms in total. The molecule has 2 aliphatic heterocycles. The second kappa shape index (κ2) is 8.67. The van der Waals surface area contributed by atoms with Gasteiger partial charge in [-0.15, -0.1) is 0 Å². The standard InChI is InChI=1S/C22H22N4O3/c23-13-18(22(27)24-19-4-2-1-3-5-19)15-26-10-8-25(9-11-26)14-17-6-7-20-21(12-17)29-16-28-20/h1-7,12,15H,8-11,14,16H2,(H,24,27). The first-order valence-electron chi connectivity index (χ1n) is 9.54. The van der Waals surface area contributed by atoms with Crippen LogP contribution in [0.15, 0.2) is 60.3 Å². The molecule has 0 spiro atoms. The van der Waals surface area contributed by atoms with E-state index in [2.05, 4.69) is 16.3 Å². The molecule has 0 radical (unpaired) electrons. The molecule has 0 bridgehead atoms. The first-order valence-corrected chi connectivity index (χ1v) is 9.54. The Morgan fingerprint density at radius 1 is 1.07 bits per heavy atom. The summed E-state index contributed by atoms with van der Waals surface area (Å²) in [5.41, 5.74) is 1.96. The largest absolute Gasteiger partial charge is 0.454 e. The minimum Gasteiger partial charge on any atom is -0.454 e. The van der Waals surface area contributed by atoms with Gasteiger partial charge in [0.2, 0.25) is 6.79 Å². The third-order valence-corrected chi connectivity index (χ3v) is 4.96. The monoisotopic (exact) mass is 390 g/mol. The fourth-order valence-corrected chi connectivity index (χ4v) is 3.39. The molecule has 1 amide bonds. The number of nitriles is 1. The van der Waals surface area contributed by atoms with E-state index in [-0.39, 0.29) is 18.3 Å². The van der Waals surface area contributed by atoms with E-state index in [0.717, 1.165) is 44.2 Å². The minimum atomic E-state index is -0.388. The molecule has 2 aliphatic rings. The first kappa shape index (κ1) is 18.8. The molecule has 0 unspecified atom stereocenters. The van der Waals surface area contributed by atoms with Crippen molar-refractivity contribution in [1.82, 2.24) is 9.80 Å². The van der Waals surface area contributed by atoms with E-state index >= 15 is 0 Å². The van der Waals surface area contributed by atoms with Crippen LogP contribution < -0.4 is 14.8 Å². The minimum absolute atomic E-state index is 0.109. The summed E-state index contributed by atoms with van der Waals surface area (Å²) in [6.07, 6.45) is 1.66. The van der Waals surface area contributed by atoms with Crippen molar-refractivity contribution in [1.29, 1.82) is 5.26 Å². The topological polar surface area (TPSA) is 77.8 Å². The highest BCUT2D eigenvalue weighted by molar-refractivity contribution is 6.06. The Balaban J connectivity index is 1.31. The smallest absolute Gasteiger partial charge is 0.267 e. The fraction of sp³-hybridized carbons (Fsp3) is 0.273. The summed E-state index contributed by atoms with van der Waals surface area (Å²) in [6, 6.07) is 17.2. The van der Waals surface area contributed by atoms with Crippen LogP contribution in [0, 0.1) is 11.3 Å². The highest BCUT2D eigenvalue weighted by Gasteiger charge is 2.19. The Labute approximate surface area is 169 Å². The molecule has 148 valence electrons. The summed E-state index contributed by atoms with van der Waals surface area (Å²) in [5.74, 6) is 1.20. The molecule has 2 aromatic carbocycles. The van der Waals surface area contributed by atoms with E-state index in [1.165, 1.54) is 5.56 Å². The van der Waals surface area contributed by atoms with Gasteiger partial charge in [-0.05, 0) is 29.8 Å². The summed E-state index contributed by atoms with van der Waals surface area (Å²) in [4.78, 5) is 16.7. The number of nitrogens with one attached hydrogen (secondary N) is 1. The van der Waals surface area contributed by atoms with Crippen molar-refractivity contribution >= 4 is 11.6 Å². The lowest BCUT2D eigenvalue weighted by molar-refractivity contribution is -0.112. The number of nitrogens with zero attached hydrogens (tertiary/aromatic N) is 3. The van der Waals surface area contributed by atoms with Crippen LogP contribution in [0.5, 0.6) is 11.5 Å². The maximum atomic E-state index is 12.4. The van der Waals surface area contributed by atoms with Gasteiger partial charge < -0.3 is 19.7 Å². The van der Waals surface area contributed by atoms with E-state index in [4.69, 9.17) is 9.47 Å². The lowest BCUT2D eigenvalue weighted by Crippen LogP contribution is -2.43. The number of anilines is 1. The van der Waals surface area contributed by atoms with Gasteiger partial charge in [0.25, 0.3) is 5.91 Å². The van der Waals surface area contributed by atoms with Gasteiger partial charge in [0.05, 0.1) is 0 Å². The zero-order chi connectivity index (χ0) is 20.1. The molecular formula is C22H22N4O3. The van der Waals surface area contributed by atoms with Crippen molar-refractivity contribution < 1.29 is 14.3 Å². The normalized spacial score (nSPS) is 16.4. The maximum absolute atomic E-state index is 12.4. The molecule has 0 aliphatic carbocycles. The number of fused-ring (bicyclic) bond motifs is 1. The van der Waals surface area contributed by atoms with Crippen LogP contribution in [0.4, 0.5) is 5.69 Å². The Morgan fingerprint density at radius 2 is 1.83 bits per heavy atom. The van der Waals surface area contributed by atoms with Gasteiger partial charge >= 0.3 is 0 Å². The van der Waals surface area contributed by atoms with Crippen LogP contribution >= 0.6 is 0 Å². The number of ether oxygens (including phenoxy) is 2. The van der Waals surface area contributed by atoms with Crippen LogP contribution in [0.1, 0.15) is 5.56 Å². The molecule has 0 aromatic heterocycles. The molecule has 0 saturated carbocycles. The number of hydrogen-bond donors (Lipinski definition) is 1. The summed E-state index contributed by atoms with van der Waals surface area (Å²) in [5, 5.41) is 12.1. The van der Waals surface area contributed by atoms with Crippen molar-refractivity contribution in [2.24, 2.45) is 0 Å². The third kappa shape index (κ3) is 4.68. The van der Waals surface area contributed by atoms with Crippen molar-refractivity contribution in [2.75, 3.05) is 38.3 Å². The Hall–Kier alpha value is -3.50. The third-order valence-electron chi connectivity index (χ3n) is 4.96. The number of piperazine rings is 1. The molecule has 0 atom stereocenters. The van der Waals surface area contributed by atoms with Gasteiger partial charge in [-0.2, -0.15) is 5.26 Å². The molecule has 1 N–H and O–H groups in total. The molecule has 1 fully saturated rings. The highest BCUT2D eigenvalue weighted by atomic mass is 16.7. The van der Waals surface area contributed by atoms with Crippen LogP contribution in [0.2, 0.25) is 0 Å². The number of rotatable bonds is 5. The van der Waals surface area contributed by atoms with E-state index in [9.17, 15) is 10.1 Å². The van der Waals surface area contributed by atoms with E-state index in [1.807, 2.05) is 41.3 Å². The van der Waals surface area contributed by atoms with Crippen LogP contribution in [0.3, 0.4) is 0 Å². The van der Waals surface area contributed by atoms with Crippen molar-refractivity contribution in [3.05, 3.63) is 65.9 Å². The molecular weight excluding hydrogens is 368 g/mol. The zero-order valence-electron chi connectivity index (χ0n) is 16.0. The van der Waals surface area contributed by atoms with Crippen molar-refractivity contribution in [2.45, 2.75) is 6.54 Å². The molecule has 1 saturated heterocycles. The molecule has 2 aromatic rings. The summed E-state index contributed by atoms with van der Waals surface area (Å²) >= 11 is 0. The average Bonchev–Trinajstić information content (AvgIpc) is 3.22. The Bertz CT molecular complexity index is 944. The summed E-state index contributed by atoms with van der Waals surface area (Å²) in [6.45, 7) is 4.33. The predicted octanol–water partition coefficient (Wildman–Crippen LogP) is 2.58. The van der Waals surface area contributed by atoms with Crippen LogP contribution in [-0.4, -0.2) is 48.7 Å². The quantitative estimate of drug-likeness (QED) is 0.625. The zero-order valence-corrected chi connectivity index (χ0v) is 16.0. The van der Waals surface area contributed by atoms with Gasteiger partial charge in [0.1, 0.15) is 11.6 Å². The molecule has 4 rings (SSSR count). The van der Waals surface area contributed by atoms with Gasteiger partial charge in [0.15, 0.2) is 11.5 Å². The molecule has 29 heavy (non-hydrogen) atoms. The van der Waals surface area contributed by atoms with Crippen LogP contribution in [-0.2, 0) is 11.3 Å². The lowest BCUT2D eigenvalue weighted by Gasteiger charge is -2.34. The maximum Gasteiger partial charge on any atom is 0.267 e. The highest BCUT2D eigenvalue weighted by Crippen LogP contribution is 2.32. The number of carbonyl (C=O) groups excluding carboxylic acids is 1. The number of benzene rings is 2. The molecule has 7 heteroatoms. The summed E-state index contributed by atoms with van der Waals surface area (Å²) < 4.78 is 10.8. The van der Waals surface area contributed by atoms with Gasteiger partial charge in [-0.1, -0.05) is 24.3 Å². The SMILES string of the molecule is N#CC(=CN1CCN(Cc2ccc3c(c2)OCO3)CC1)C(=O)Nc1ccccc1. The average molecular weight is 390 g/mol. The second-order valence-corrected chi connectivity index (χ2v) is 6.97. The number of carbonyl (C=O) groups is 1. The fourth-order valence-electron chi connectivity index (χ4n) is 3.39. The Morgan fingerprint density at radius 3 is 2.59 bits per heavy atom. The van der Waals surface area contributed by atoms with Crippen LogP contribution in [0.25, 0.3) is 0 Å². The Kier molecular flexibility index (Phi) is 5.63. The summed E-state index contributed by atoms with van der Waals surface area (Å²) in [7, 11) is 0. The van der Waals surface area contributed by atoms with Gasteiger partial charge in [0, 0.05) is 44.6 Å². The van der Waals surface area contributed by atoms with E-state index < -0.39 is 0 Å². The van der Waals surface area contributed by atoms with E-state index in [0.29, 0.717) is 5.69 Å². The number of amides is 1. The van der Waals surface area contributed by atoms with Crippen molar-refractivity contribution in [3.8, 4) is 17.6 Å². The number of hydrogen-bond acceptors (Lipinski definition) is 6. The van der Waals surface area contributed by atoms with Gasteiger partial charge in [-0.25, -0.2) is 0 Å². The predicted molar refractivity (Wildman–Crippen MR) is 108 cm³/mol. The van der Waals surface area contributed by atoms with Crippen molar-refractivity contribution in [3.63, 3.8) is 0 Å². The van der Waals surface area contributed by atoms with Gasteiger partial charge in [-0.3, -0.25) is 9.69 Å². The molecule has 2 heterocycles. The first-order chi connectivity index (χ1) is 14.2. The second-order valence-electron chi connectivity index (χ2n) is 6.97. The van der Waals surface area contributed by atoms with E-state index in [1.54, 1.807) is 18.3 Å². The lowest BCUT2D eigenvalue weighted by atomic mass is 10.1.